The van der Waals surface area contributed by atoms with Gasteiger partial charge in [-0.2, -0.15) is 5.10 Å². The monoisotopic (exact) mass is 404 g/mol. The summed E-state index contributed by atoms with van der Waals surface area (Å²) < 4.78 is 11.9. The fourth-order valence-corrected chi connectivity index (χ4v) is 2.77. The van der Waals surface area contributed by atoms with Crippen LogP contribution >= 0.6 is 15.9 Å². The summed E-state index contributed by atoms with van der Waals surface area (Å²) in [5, 5.41) is 4.02. The van der Waals surface area contributed by atoms with Crippen molar-refractivity contribution in [1.29, 1.82) is 0 Å². The number of hydrogen-bond acceptors (Lipinski definition) is 4. The van der Waals surface area contributed by atoms with E-state index in [1.807, 2.05) is 45.0 Å². The molecule has 2 rings (SSSR count). The second kappa shape index (κ2) is 8.67. The Morgan fingerprint density at radius 1 is 1.28 bits per heavy atom. The Morgan fingerprint density at radius 2 is 2.00 bits per heavy atom. The molecule has 2 aromatic rings. The first-order valence-electron chi connectivity index (χ1n) is 7.85. The van der Waals surface area contributed by atoms with E-state index in [2.05, 4.69) is 26.5 Å². The lowest BCUT2D eigenvalue weighted by molar-refractivity contribution is 0.0954. The van der Waals surface area contributed by atoms with Crippen LogP contribution in [0.15, 0.2) is 46.0 Å². The highest BCUT2D eigenvalue weighted by atomic mass is 79.9. The van der Waals surface area contributed by atoms with Crippen molar-refractivity contribution in [3.63, 3.8) is 0 Å². The van der Waals surface area contributed by atoms with Gasteiger partial charge in [0.15, 0.2) is 11.5 Å². The molecule has 0 aliphatic heterocycles. The molecule has 0 fully saturated rings. The van der Waals surface area contributed by atoms with Crippen LogP contribution in [-0.2, 0) is 0 Å². The van der Waals surface area contributed by atoms with Gasteiger partial charge in [-0.25, -0.2) is 5.43 Å². The number of halogens is 1. The van der Waals surface area contributed by atoms with Gasteiger partial charge in [-0.05, 0) is 66.0 Å². The number of nitrogens with one attached hydrogen (secondary N) is 1. The van der Waals surface area contributed by atoms with Crippen LogP contribution in [0.1, 0.15) is 35.3 Å². The topological polar surface area (TPSA) is 59.9 Å². The molecule has 25 heavy (non-hydrogen) atoms. The molecular formula is C19H21BrN2O3. The zero-order chi connectivity index (χ0) is 18.4. The number of rotatable bonds is 6. The molecule has 5 nitrogen and oxygen atoms in total. The standard InChI is InChI=1S/C19H21BrN2O3/c1-12(2)25-18-16(20)9-14(10-17(18)24-4)11-21-22-19(23)15-8-6-5-7-13(15)3/h5-12H,1-4H3,(H,22,23)/b21-11+. The summed E-state index contributed by atoms with van der Waals surface area (Å²) in [6, 6.07) is 11.0. The summed E-state index contributed by atoms with van der Waals surface area (Å²) >= 11 is 3.48. The number of methoxy groups -OCH3 is 1. The number of ether oxygens (including phenoxy) is 2. The maximum atomic E-state index is 12.1. The van der Waals surface area contributed by atoms with Gasteiger partial charge in [-0.1, -0.05) is 18.2 Å². The minimum atomic E-state index is -0.250. The van der Waals surface area contributed by atoms with Crippen LogP contribution in [0.2, 0.25) is 0 Å². The molecule has 1 N–H and O–H groups in total. The zero-order valence-electron chi connectivity index (χ0n) is 14.7. The third-order valence-corrected chi connectivity index (χ3v) is 3.96. The van der Waals surface area contributed by atoms with E-state index >= 15 is 0 Å². The van der Waals surface area contributed by atoms with Crippen molar-refractivity contribution >= 4 is 28.1 Å². The third kappa shape index (κ3) is 5.06. The molecule has 2 aromatic carbocycles. The number of aryl methyl sites for hydroxylation is 1. The summed E-state index contributed by atoms with van der Waals surface area (Å²) in [5.41, 5.74) is 4.80. The second-order valence-electron chi connectivity index (χ2n) is 5.71. The number of hydrazone groups is 1. The van der Waals surface area contributed by atoms with Gasteiger partial charge in [-0.3, -0.25) is 4.79 Å². The van der Waals surface area contributed by atoms with Crippen LogP contribution in [0.4, 0.5) is 0 Å². The van der Waals surface area contributed by atoms with E-state index in [-0.39, 0.29) is 12.0 Å². The molecule has 0 aliphatic carbocycles. The fraction of sp³-hybridized carbons (Fsp3) is 0.263. The Hall–Kier alpha value is -2.34. The number of nitrogens with zero attached hydrogens (tertiary/aromatic N) is 1. The summed E-state index contributed by atoms with van der Waals surface area (Å²) in [6.45, 7) is 5.78. The van der Waals surface area contributed by atoms with Gasteiger partial charge in [0, 0.05) is 5.56 Å². The van der Waals surface area contributed by atoms with Crippen LogP contribution < -0.4 is 14.9 Å². The van der Waals surface area contributed by atoms with Crippen LogP contribution in [0.3, 0.4) is 0 Å². The Morgan fingerprint density at radius 3 is 2.64 bits per heavy atom. The highest BCUT2D eigenvalue weighted by Crippen LogP contribution is 2.36. The van der Waals surface area contributed by atoms with E-state index in [1.54, 1.807) is 25.5 Å². The molecule has 0 unspecified atom stereocenters. The van der Waals surface area contributed by atoms with Crippen molar-refractivity contribution in [2.24, 2.45) is 5.10 Å². The maximum absolute atomic E-state index is 12.1. The molecule has 132 valence electrons. The Balaban J connectivity index is 2.14. The molecule has 0 spiro atoms. The lowest BCUT2D eigenvalue weighted by Crippen LogP contribution is -2.18. The maximum Gasteiger partial charge on any atom is 0.271 e. The first-order valence-corrected chi connectivity index (χ1v) is 8.65. The Bertz CT molecular complexity index is 788. The van der Waals surface area contributed by atoms with Crippen LogP contribution in [0.5, 0.6) is 11.5 Å². The smallest absolute Gasteiger partial charge is 0.271 e. The molecule has 0 radical (unpaired) electrons. The lowest BCUT2D eigenvalue weighted by atomic mass is 10.1. The lowest BCUT2D eigenvalue weighted by Gasteiger charge is -2.15. The van der Waals surface area contributed by atoms with E-state index in [0.29, 0.717) is 17.1 Å². The predicted octanol–water partition coefficient (Wildman–Crippen LogP) is 4.32. The number of hydrogen-bond donors (Lipinski definition) is 1. The van der Waals surface area contributed by atoms with Crippen LogP contribution in [0, 0.1) is 6.92 Å². The Kier molecular flexibility index (Phi) is 6.58. The van der Waals surface area contributed by atoms with Gasteiger partial charge < -0.3 is 9.47 Å². The van der Waals surface area contributed by atoms with Gasteiger partial charge in [-0.15, -0.1) is 0 Å². The van der Waals surface area contributed by atoms with Crippen molar-refractivity contribution in [3.8, 4) is 11.5 Å². The van der Waals surface area contributed by atoms with E-state index in [0.717, 1.165) is 15.6 Å². The highest BCUT2D eigenvalue weighted by Gasteiger charge is 2.12. The molecular weight excluding hydrogens is 384 g/mol. The number of carbonyl (C=O) groups excluding carboxylic acids is 1. The molecule has 1 amide bonds. The average Bonchev–Trinajstić information content (AvgIpc) is 2.57. The Labute approximate surface area is 156 Å². The van der Waals surface area contributed by atoms with Crippen molar-refractivity contribution in [1.82, 2.24) is 5.43 Å². The average molecular weight is 405 g/mol. The normalized spacial score (nSPS) is 11.0. The zero-order valence-corrected chi connectivity index (χ0v) is 16.3. The van der Waals surface area contributed by atoms with Gasteiger partial charge in [0.25, 0.3) is 5.91 Å². The first kappa shape index (κ1) is 19.0. The van der Waals surface area contributed by atoms with Crippen molar-refractivity contribution in [2.75, 3.05) is 7.11 Å². The van der Waals surface area contributed by atoms with E-state index in [9.17, 15) is 4.79 Å². The third-order valence-electron chi connectivity index (χ3n) is 3.37. The van der Waals surface area contributed by atoms with Gasteiger partial charge in [0.05, 0.1) is 23.9 Å². The molecule has 0 bridgehead atoms. The summed E-state index contributed by atoms with van der Waals surface area (Å²) in [5.74, 6) is 0.980. The molecule has 0 aromatic heterocycles. The minimum Gasteiger partial charge on any atom is -0.493 e. The number of benzene rings is 2. The largest absolute Gasteiger partial charge is 0.493 e. The quantitative estimate of drug-likeness (QED) is 0.575. The molecule has 0 atom stereocenters. The second-order valence-corrected chi connectivity index (χ2v) is 6.57. The van der Waals surface area contributed by atoms with Crippen LogP contribution in [0.25, 0.3) is 0 Å². The van der Waals surface area contributed by atoms with Crippen molar-refractivity contribution in [2.45, 2.75) is 26.9 Å². The molecule has 0 heterocycles. The minimum absolute atomic E-state index is 0.0260. The number of amides is 1. The van der Waals surface area contributed by atoms with Crippen molar-refractivity contribution in [3.05, 3.63) is 57.6 Å². The molecule has 0 aliphatic rings. The van der Waals surface area contributed by atoms with E-state index < -0.39 is 0 Å². The summed E-state index contributed by atoms with van der Waals surface area (Å²) in [7, 11) is 1.58. The van der Waals surface area contributed by atoms with Crippen LogP contribution in [-0.4, -0.2) is 25.3 Å². The number of carbonyl (C=O) groups is 1. The summed E-state index contributed by atoms with van der Waals surface area (Å²) in [4.78, 5) is 12.1. The van der Waals surface area contributed by atoms with Gasteiger partial charge in [0.1, 0.15) is 0 Å². The van der Waals surface area contributed by atoms with E-state index in [1.165, 1.54) is 0 Å². The predicted molar refractivity (Wildman–Crippen MR) is 103 cm³/mol. The van der Waals surface area contributed by atoms with Gasteiger partial charge >= 0.3 is 0 Å². The van der Waals surface area contributed by atoms with E-state index in [4.69, 9.17) is 9.47 Å². The molecule has 6 heteroatoms. The highest BCUT2D eigenvalue weighted by molar-refractivity contribution is 9.10. The first-order chi connectivity index (χ1) is 11.9. The molecule has 0 saturated carbocycles. The fourth-order valence-electron chi connectivity index (χ4n) is 2.22. The van der Waals surface area contributed by atoms with Crippen molar-refractivity contribution < 1.29 is 14.3 Å². The van der Waals surface area contributed by atoms with Gasteiger partial charge in [0.2, 0.25) is 0 Å². The SMILES string of the molecule is COc1cc(/C=N/NC(=O)c2ccccc2C)cc(Br)c1OC(C)C. The summed E-state index contributed by atoms with van der Waals surface area (Å²) in [6.07, 6.45) is 1.58. The molecule has 0 saturated heterocycles.